The predicted octanol–water partition coefficient (Wildman–Crippen LogP) is 3.48. The number of carbonyl (C=O) groups excluding carboxylic acids is 3. The molecule has 1 saturated heterocycles. The molecule has 2 heterocycles. The molecular weight excluding hydrogens is 454 g/mol. The van der Waals surface area contributed by atoms with Crippen LogP contribution in [0.1, 0.15) is 42.1 Å². The number of rotatable bonds is 7. The number of anilines is 1. The average Bonchev–Trinajstić information content (AvgIpc) is 2.82. The average molecular weight is 480 g/mol. The highest BCUT2D eigenvalue weighted by Gasteiger charge is 2.37. The molecule has 1 atom stereocenters. The fourth-order valence-electron chi connectivity index (χ4n) is 4.29. The zero-order valence-corrected chi connectivity index (χ0v) is 19.7. The van der Waals surface area contributed by atoms with Gasteiger partial charge in [-0.1, -0.05) is 43.1 Å². The molecule has 2 N–H and O–H groups in total. The van der Waals surface area contributed by atoms with Crippen molar-refractivity contribution in [3.63, 3.8) is 0 Å². The summed E-state index contributed by atoms with van der Waals surface area (Å²) in [6.07, 6.45) is 2.40. The van der Waals surface area contributed by atoms with Crippen LogP contribution in [0.5, 0.6) is 0 Å². The summed E-state index contributed by atoms with van der Waals surface area (Å²) in [5, 5.41) is 1.20. The summed E-state index contributed by atoms with van der Waals surface area (Å²) in [4.78, 5) is 50.5. The molecule has 2 aromatic carbocycles. The molecule has 0 spiro atoms. The number of piperazine rings is 1. The van der Waals surface area contributed by atoms with E-state index in [1.165, 1.54) is 6.33 Å². The second-order valence-electron chi connectivity index (χ2n) is 8.37. The first-order valence-corrected chi connectivity index (χ1v) is 11.6. The third kappa shape index (κ3) is 5.02. The highest BCUT2D eigenvalue weighted by Crippen LogP contribution is 2.23. The van der Waals surface area contributed by atoms with Gasteiger partial charge < -0.3 is 15.5 Å². The van der Waals surface area contributed by atoms with Crippen LogP contribution in [0.25, 0.3) is 10.9 Å². The van der Waals surface area contributed by atoms with Crippen molar-refractivity contribution in [2.75, 3.05) is 18.8 Å². The first kappa shape index (κ1) is 23.6. The van der Waals surface area contributed by atoms with Gasteiger partial charge in [-0.15, -0.1) is 0 Å². The second kappa shape index (κ2) is 10.2. The summed E-state index contributed by atoms with van der Waals surface area (Å²) >= 11 is 5.97. The van der Waals surface area contributed by atoms with Crippen molar-refractivity contribution in [1.29, 1.82) is 0 Å². The van der Waals surface area contributed by atoms with E-state index in [0.29, 0.717) is 42.5 Å². The summed E-state index contributed by atoms with van der Waals surface area (Å²) in [5.74, 6) is -0.349. The lowest BCUT2D eigenvalue weighted by Crippen LogP contribution is -2.58. The van der Waals surface area contributed by atoms with Gasteiger partial charge in [-0.3, -0.25) is 14.4 Å². The molecule has 0 saturated carbocycles. The molecule has 1 aliphatic heterocycles. The predicted molar refractivity (Wildman–Crippen MR) is 130 cm³/mol. The van der Waals surface area contributed by atoms with Crippen LogP contribution in [-0.2, 0) is 16.1 Å². The molecule has 1 aromatic heterocycles. The van der Waals surface area contributed by atoms with E-state index in [0.717, 1.165) is 22.9 Å². The molecular formula is C25H26ClN5O3. The maximum atomic E-state index is 13.3. The van der Waals surface area contributed by atoms with Crippen molar-refractivity contribution in [2.45, 2.75) is 38.8 Å². The summed E-state index contributed by atoms with van der Waals surface area (Å²) in [6.45, 7) is 3.14. The number of aromatic nitrogens is 2. The van der Waals surface area contributed by atoms with Gasteiger partial charge in [0.2, 0.25) is 11.8 Å². The number of amides is 2. The number of benzene rings is 2. The Hall–Kier alpha value is -3.52. The molecule has 3 aromatic rings. The first-order chi connectivity index (χ1) is 16.4. The number of nitrogens with zero attached hydrogens (tertiary/aromatic N) is 4. The Kier molecular flexibility index (Phi) is 7.07. The number of ketones is 1. The number of carbonyl (C=O) groups is 3. The number of nitrogen functional groups attached to an aromatic ring is 1. The lowest BCUT2D eigenvalue weighted by molar-refractivity contribution is -0.152. The summed E-state index contributed by atoms with van der Waals surface area (Å²) in [6, 6.07) is 11.6. The van der Waals surface area contributed by atoms with E-state index in [2.05, 4.69) is 9.97 Å². The molecule has 0 bridgehead atoms. The van der Waals surface area contributed by atoms with Gasteiger partial charge in [0.25, 0.3) is 0 Å². The Balaban J connectivity index is 1.47. The van der Waals surface area contributed by atoms with Crippen LogP contribution in [-0.4, -0.2) is 56.5 Å². The molecule has 1 aliphatic rings. The largest absolute Gasteiger partial charge is 0.383 e. The Morgan fingerprint density at radius 3 is 2.74 bits per heavy atom. The van der Waals surface area contributed by atoms with Crippen molar-refractivity contribution < 1.29 is 14.4 Å². The van der Waals surface area contributed by atoms with Crippen LogP contribution in [0.3, 0.4) is 0 Å². The minimum Gasteiger partial charge on any atom is -0.383 e. The zero-order chi connectivity index (χ0) is 24.2. The quantitative estimate of drug-likeness (QED) is 0.410. The van der Waals surface area contributed by atoms with Gasteiger partial charge in [0, 0.05) is 35.6 Å². The van der Waals surface area contributed by atoms with Crippen molar-refractivity contribution >= 4 is 45.9 Å². The lowest BCUT2D eigenvalue weighted by atomic mass is 10.0. The van der Waals surface area contributed by atoms with E-state index in [4.69, 9.17) is 17.3 Å². The van der Waals surface area contributed by atoms with E-state index in [1.807, 2.05) is 25.1 Å². The Morgan fingerprint density at radius 1 is 1.15 bits per heavy atom. The van der Waals surface area contributed by atoms with Crippen LogP contribution in [0.4, 0.5) is 5.82 Å². The van der Waals surface area contributed by atoms with Gasteiger partial charge >= 0.3 is 0 Å². The number of nitrogens with two attached hydrogens (primary N) is 1. The first-order valence-electron chi connectivity index (χ1n) is 11.2. The van der Waals surface area contributed by atoms with Gasteiger partial charge in [-0.2, -0.15) is 0 Å². The van der Waals surface area contributed by atoms with Crippen LogP contribution >= 0.6 is 11.6 Å². The Bertz CT molecular complexity index is 1250. The normalized spacial score (nSPS) is 16.2. The standard InChI is InChI=1S/C25H26ClN5O3/c1-2-4-21-25(34)30(14-16-7-8-19-20(11-16)28-15-29-24(19)27)9-10-31(21)23(33)13-22(32)17-5-3-6-18(26)12-17/h3,5-8,11-12,15,21H,2,4,9-10,13-14H2,1H3,(H2,27,28,29). The van der Waals surface area contributed by atoms with Crippen molar-refractivity contribution in [3.8, 4) is 0 Å². The topological polar surface area (TPSA) is 109 Å². The molecule has 34 heavy (non-hydrogen) atoms. The van der Waals surface area contributed by atoms with Crippen LogP contribution < -0.4 is 5.73 Å². The van der Waals surface area contributed by atoms with Gasteiger partial charge in [0.15, 0.2) is 5.78 Å². The summed E-state index contributed by atoms with van der Waals surface area (Å²) < 4.78 is 0. The third-order valence-electron chi connectivity index (χ3n) is 6.03. The summed E-state index contributed by atoms with van der Waals surface area (Å²) in [7, 11) is 0. The maximum Gasteiger partial charge on any atom is 0.245 e. The van der Waals surface area contributed by atoms with E-state index in [1.54, 1.807) is 34.1 Å². The second-order valence-corrected chi connectivity index (χ2v) is 8.81. The summed E-state index contributed by atoms with van der Waals surface area (Å²) in [5.41, 5.74) is 7.93. The smallest absolute Gasteiger partial charge is 0.245 e. The minimum atomic E-state index is -0.586. The fraction of sp³-hybridized carbons (Fsp3) is 0.320. The van der Waals surface area contributed by atoms with E-state index in [-0.39, 0.29) is 24.0 Å². The highest BCUT2D eigenvalue weighted by atomic mass is 35.5. The van der Waals surface area contributed by atoms with E-state index >= 15 is 0 Å². The molecule has 2 amide bonds. The molecule has 4 rings (SSSR count). The van der Waals surface area contributed by atoms with Crippen molar-refractivity contribution in [3.05, 3.63) is 64.9 Å². The van der Waals surface area contributed by atoms with Crippen molar-refractivity contribution in [2.24, 2.45) is 0 Å². The number of Topliss-reactive ketones (excluding diaryl/α,β-unsaturated/α-hetero) is 1. The van der Waals surface area contributed by atoms with Crippen LogP contribution in [0.2, 0.25) is 5.02 Å². The van der Waals surface area contributed by atoms with E-state index < -0.39 is 6.04 Å². The molecule has 1 fully saturated rings. The van der Waals surface area contributed by atoms with Gasteiger partial charge in [0.1, 0.15) is 18.2 Å². The third-order valence-corrected chi connectivity index (χ3v) is 6.26. The number of hydrogen-bond donors (Lipinski definition) is 1. The SMILES string of the molecule is CCCC1C(=O)N(Cc2ccc3c(N)ncnc3c2)CCN1C(=O)CC(=O)c1cccc(Cl)c1. The van der Waals surface area contributed by atoms with Gasteiger partial charge in [-0.25, -0.2) is 9.97 Å². The van der Waals surface area contributed by atoms with Crippen molar-refractivity contribution in [1.82, 2.24) is 19.8 Å². The molecule has 8 nitrogen and oxygen atoms in total. The Labute approximate surface area is 202 Å². The highest BCUT2D eigenvalue weighted by molar-refractivity contribution is 6.31. The van der Waals surface area contributed by atoms with E-state index in [9.17, 15) is 14.4 Å². The van der Waals surface area contributed by atoms with Gasteiger partial charge in [0.05, 0.1) is 11.9 Å². The van der Waals surface area contributed by atoms with Gasteiger partial charge in [-0.05, 0) is 36.2 Å². The fourth-order valence-corrected chi connectivity index (χ4v) is 4.48. The van der Waals surface area contributed by atoms with Crippen LogP contribution in [0.15, 0.2) is 48.8 Å². The molecule has 1 unspecified atom stereocenters. The maximum absolute atomic E-state index is 13.3. The monoisotopic (exact) mass is 479 g/mol. The minimum absolute atomic E-state index is 0.112. The van der Waals surface area contributed by atoms with Crippen LogP contribution in [0, 0.1) is 0 Å². The molecule has 0 radical (unpaired) electrons. The molecule has 176 valence electrons. The molecule has 9 heteroatoms. The molecule has 0 aliphatic carbocycles. The lowest BCUT2D eigenvalue weighted by Gasteiger charge is -2.40. The number of halogens is 1. The number of fused-ring (bicyclic) bond motifs is 1. The Morgan fingerprint density at radius 2 is 1.97 bits per heavy atom. The zero-order valence-electron chi connectivity index (χ0n) is 18.9. The number of hydrogen-bond acceptors (Lipinski definition) is 6.